The molecule has 1 unspecified atom stereocenters. The first-order valence-electron chi connectivity index (χ1n) is 4.15. The molecule has 0 aliphatic heterocycles. The largest absolute Gasteiger partial charge is 0.340 e. The van der Waals surface area contributed by atoms with Crippen LogP contribution in [0, 0.1) is 0 Å². The van der Waals surface area contributed by atoms with E-state index in [9.17, 15) is 4.79 Å². The molecule has 0 aromatic carbocycles. The molecule has 1 rings (SSSR count). The van der Waals surface area contributed by atoms with E-state index in [2.05, 4.69) is 15.9 Å². The molecule has 2 nitrogen and oxygen atoms in total. The van der Waals surface area contributed by atoms with Gasteiger partial charge in [0.1, 0.15) is 0 Å². The molecule has 0 fully saturated rings. The first kappa shape index (κ1) is 12.0. The highest BCUT2D eigenvalue weighted by Crippen LogP contribution is 2.22. The van der Waals surface area contributed by atoms with Gasteiger partial charge in [-0.1, -0.05) is 34.5 Å². The number of rotatable bonds is 3. The van der Waals surface area contributed by atoms with Crippen LogP contribution >= 0.6 is 38.9 Å². The molecule has 1 amide bonds. The number of hydrogen-bond donors (Lipinski definition) is 0. The second-order valence-electron chi connectivity index (χ2n) is 3.07. The molecule has 5 heteroatoms. The predicted octanol–water partition coefficient (Wildman–Crippen LogP) is 3.26. The van der Waals surface area contributed by atoms with Gasteiger partial charge < -0.3 is 4.90 Å². The average molecular weight is 297 g/mol. The summed E-state index contributed by atoms with van der Waals surface area (Å²) in [4.78, 5) is 14.4. The molecule has 0 aliphatic rings. The lowest BCUT2D eigenvalue weighted by atomic mass is 10.4. The number of nitrogens with zero attached hydrogens (tertiary/aromatic N) is 1. The van der Waals surface area contributed by atoms with E-state index in [4.69, 9.17) is 11.6 Å². The van der Waals surface area contributed by atoms with Crippen molar-refractivity contribution >= 4 is 44.8 Å². The summed E-state index contributed by atoms with van der Waals surface area (Å²) in [6.45, 7) is 2.69. The van der Waals surface area contributed by atoms with Crippen molar-refractivity contribution in [3.63, 3.8) is 0 Å². The van der Waals surface area contributed by atoms with Crippen LogP contribution in [0.2, 0.25) is 4.34 Å². The number of hydrogen-bond acceptors (Lipinski definition) is 2. The lowest BCUT2D eigenvalue weighted by Gasteiger charge is -2.17. The van der Waals surface area contributed by atoms with Crippen molar-refractivity contribution in [1.29, 1.82) is 0 Å². The Morgan fingerprint density at radius 1 is 1.71 bits per heavy atom. The summed E-state index contributed by atoms with van der Waals surface area (Å²) in [5.41, 5.74) is 0. The highest BCUT2D eigenvalue weighted by molar-refractivity contribution is 9.09. The highest BCUT2D eigenvalue weighted by Gasteiger charge is 2.14. The Balaban J connectivity index is 2.65. The molecule has 1 aromatic heterocycles. The molecule has 0 aliphatic carbocycles. The Bertz CT molecular complexity index is 326. The quantitative estimate of drug-likeness (QED) is 0.784. The van der Waals surface area contributed by atoms with Gasteiger partial charge in [-0.05, 0) is 12.1 Å². The fourth-order valence-corrected chi connectivity index (χ4v) is 2.55. The smallest absolute Gasteiger partial charge is 0.263 e. The van der Waals surface area contributed by atoms with Crippen LogP contribution in [0.3, 0.4) is 0 Å². The summed E-state index contributed by atoms with van der Waals surface area (Å²) in [7, 11) is 1.79. The second-order valence-corrected chi connectivity index (χ2v) is 6.35. The fourth-order valence-electron chi connectivity index (χ4n) is 1.08. The maximum Gasteiger partial charge on any atom is 0.263 e. The Labute approximate surface area is 101 Å². The van der Waals surface area contributed by atoms with E-state index in [-0.39, 0.29) is 5.91 Å². The minimum absolute atomic E-state index is 0.0215. The minimum atomic E-state index is 0.0215. The molecule has 78 valence electrons. The fraction of sp³-hybridized carbons (Fsp3) is 0.444. The second kappa shape index (κ2) is 5.14. The van der Waals surface area contributed by atoms with Crippen LogP contribution in [0.4, 0.5) is 0 Å². The van der Waals surface area contributed by atoms with E-state index in [1.54, 1.807) is 24.1 Å². The van der Waals surface area contributed by atoms with Crippen LogP contribution in [0.15, 0.2) is 12.1 Å². The van der Waals surface area contributed by atoms with Crippen molar-refractivity contribution in [2.75, 3.05) is 13.6 Å². The third-order valence-electron chi connectivity index (χ3n) is 1.66. The van der Waals surface area contributed by atoms with Crippen LogP contribution in [-0.4, -0.2) is 29.2 Å². The van der Waals surface area contributed by atoms with E-state index >= 15 is 0 Å². The number of alkyl halides is 1. The SMILES string of the molecule is CC(Br)CN(C)C(=O)c1ccc(Cl)s1. The molecule has 0 saturated heterocycles. The molecule has 0 N–H and O–H groups in total. The summed E-state index contributed by atoms with van der Waals surface area (Å²) in [6, 6.07) is 3.50. The van der Waals surface area contributed by atoms with Crippen LogP contribution in [0.5, 0.6) is 0 Å². The maximum absolute atomic E-state index is 11.8. The number of amides is 1. The Kier molecular flexibility index (Phi) is 4.41. The lowest BCUT2D eigenvalue weighted by Crippen LogP contribution is -2.30. The van der Waals surface area contributed by atoms with Crippen molar-refractivity contribution < 1.29 is 4.79 Å². The Morgan fingerprint density at radius 2 is 2.36 bits per heavy atom. The first-order chi connectivity index (χ1) is 6.50. The molecule has 0 saturated carbocycles. The van der Waals surface area contributed by atoms with Crippen LogP contribution < -0.4 is 0 Å². The summed E-state index contributed by atoms with van der Waals surface area (Å²) in [5, 5.41) is 0. The number of carbonyl (C=O) groups is 1. The van der Waals surface area contributed by atoms with Crippen molar-refractivity contribution in [3.8, 4) is 0 Å². The van der Waals surface area contributed by atoms with Crippen LogP contribution in [-0.2, 0) is 0 Å². The van der Waals surface area contributed by atoms with Gasteiger partial charge in [-0.25, -0.2) is 0 Å². The zero-order valence-electron chi connectivity index (χ0n) is 7.96. The Morgan fingerprint density at radius 3 is 2.79 bits per heavy atom. The van der Waals surface area contributed by atoms with Gasteiger partial charge in [-0.2, -0.15) is 0 Å². The topological polar surface area (TPSA) is 20.3 Å². The summed E-state index contributed by atoms with van der Waals surface area (Å²) in [5.74, 6) is 0.0215. The maximum atomic E-state index is 11.8. The Hall–Kier alpha value is -0.0600. The third kappa shape index (κ3) is 3.26. The zero-order chi connectivity index (χ0) is 10.7. The predicted molar refractivity (Wildman–Crippen MR) is 64.7 cm³/mol. The van der Waals surface area contributed by atoms with Gasteiger partial charge in [0.05, 0.1) is 9.21 Å². The molecular formula is C9H11BrClNOS. The molecule has 14 heavy (non-hydrogen) atoms. The monoisotopic (exact) mass is 295 g/mol. The van der Waals surface area contributed by atoms with E-state index in [0.29, 0.717) is 20.6 Å². The van der Waals surface area contributed by atoms with Gasteiger partial charge >= 0.3 is 0 Å². The summed E-state index contributed by atoms with van der Waals surface area (Å²) < 4.78 is 0.647. The van der Waals surface area contributed by atoms with Gasteiger partial charge in [-0.3, -0.25) is 4.79 Å². The van der Waals surface area contributed by atoms with Crippen molar-refractivity contribution in [2.24, 2.45) is 0 Å². The molecular weight excluding hydrogens is 286 g/mol. The number of carbonyl (C=O) groups excluding carboxylic acids is 1. The van der Waals surface area contributed by atoms with Gasteiger partial charge in [0.15, 0.2) is 0 Å². The molecule has 0 bridgehead atoms. The van der Waals surface area contributed by atoms with Gasteiger partial charge in [0, 0.05) is 18.4 Å². The van der Waals surface area contributed by atoms with E-state index in [0.717, 1.165) is 0 Å². The minimum Gasteiger partial charge on any atom is -0.340 e. The van der Waals surface area contributed by atoms with Crippen molar-refractivity contribution in [3.05, 3.63) is 21.3 Å². The van der Waals surface area contributed by atoms with Gasteiger partial charge in [0.2, 0.25) is 0 Å². The van der Waals surface area contributed by atoms with Crippen LogP contribution in [0.25, 0.3) is 0 Å². The third-order valence-corrected chi connectivity index (χ3v) is 3.16. The molecule has 1 aromatic rings. The van der Waals surface area contributed by atoms with E-state index in [1.807, 2.05) is 6.92 Å². The van der Waals surface area contributed by atoms with Gasteiger partial charge in [-0.15, -0.1) is 11.3 Å². The summed E-state index contributed by atoms with van der Waals surface area (Å²) in [6.07, 6.45) is 0. The summed E-state index contributed by atoms with van der Waals surface area (Å²) >= 11 is 10.5. The van der Waals surface area contributed by atoms with Crippen LogP contribution in [0.1, 0.15) is 16.6 Å². The lowest BCUT2D eigenvalue weighted by molar-refractivity contribution is 0.0802. The zero-order valence-corrected chi connectivity index (χ0v) is 11.1. The first-order valence-corrected chi connectivity index (χ1v) is 6.26. The van der Waals surface area contributed by atoms with Crippen molar-refractivity contribution in [1.82, 2.24) is 4.90 Å². The molecule has 0 radical (unpaired) electrons. The number of thiophene rings is 1. The molecule has 1 heterocycles. The molecule has 0 spiro atoms. The number of halogens is 2. The standard InChI is InChI=1S/C9H11BrClNOS/c1-6(10)5-12(2)9(13)7-3-4-8(11)14-7/h3-4,6H,5H2,1-2H3. The van der Waals surface area contributed by atoms with Crippen molar-refractivity contribution in [2.45, 2.75) is 11.8 Å². The van der Waals surface area contributed by atoms with E-state index in [1.165, 1.54) is 11.3 Å². The highest BCUT2D eigenvalue weighted by atomic mass is 79.9. The van der Waals surface area contributed by atoms with Gasteiger partial charge in [0.25, 0.3) is 5.91 Å². The average Bonchev–Trinajstić information content (AvgIpc) is 2.49. The molecule has 1 atom stereocenters. The normalized spacial score (nSPS) is 12.6. The van der Waals surface area contributed by atoms with E-state index < -0.39 is 0 Å².